The molecule has 1 heterocycles. The normalized spacial score (nSPS) is 19.2. The Labute approximate surface area is 106 Å². The van der Waals surface area contributed by atoms with E-state index in [0.29, 0.717) is 18.4 Å². The van der Waals surface area contributed by atoms with Gasteiger partial charge >= 0.3 is 6.18 Å². The number of guanidine groups is 1. The minimum absolute atomic E-state index is 0.197. The zero-order valence-electron chi connectivity index (χ0n) is 11.1. The molecule has 18 heavy (non-hydrogen) atoms. The molecule has 0 aromatic carbocycles. The Balaban J connectivity index is 2.50. The van der Waals surface area contributed by atoms with Crippen LogP contribution in [0.15, 0.2) is 4.99 Å². The quantitative estimate of drug-likeness (QED) is 0.627. The van der Waals surface area contributed by atoms with E-state index in [0.717, 1.165) is 25.9 Å². The molecule has 1 fully saturated rings. The molecule has 0 unspecified atom stereocenters. The largest absolute Gasteiger partial charge is 0.390 e. The van der Waals surface area contributed by atoms with Crippen LogP contribution in [0, 0.1) is 5.92 Å². The van der Waals surface area contributed by atoms with Gasteiger partial charge in [-0.1, -0.05) is 6.92 Å². The van der Waals surface area contributed by atoms with Crippen molar-refractivity contribution < 1.29 is 13.2 Å². The number of aliphatic imine (C=N–C) groups is 1. The fourth-order valence-electron chi connectivity index (χ4n) is 1.93. The number of alkyl halides is 3. The zero-order chi connectivity index (χ0) is 13.6. The van der Waals surface area contributed by atoms with Gasteiger partial charge in [-0.3, -0.25) is 4.99 Å². The number of nitrogens with one attached hydrogen (secondary N) is 1. The first-order valence-corrected chi connectivity index (χ1v) is 6.52. The Hall–Kier alpha value is -0.940. The number of halogens is 3. The smallest absolute Gasteiger partial charge is 0.357 e. The average Bonchev–Trinajstić information content (AvgIpc) is 2.27. The first-order chi connectivity index (χ1) is 8.42. The molecular weight excluding hydrogens is 243 g/mol. The lowest BCUT2D eigenvalue weighted by Crippen LogP contribution is -2.45. The van der Waals surface area contributed by atoms with Gasteiger partial charge in [0.2, 0.25) is 0 Å². The van der Waals surface area contributed by atoms with Crippen molar-refractivity contribution in [2.45, 2.75) is 39.3 Å². The molecule has 0 radical (unpaired) electrons. The van der Waals surface area contributed by atoms with Crippen molar-refractivity contribution in [2.75, 3.05) is 26.2 Å². The molecule has 0 atom stereocenters. The molecule has 1 aliphatic rings. The van der Waals surface area contributed by atoms with Crippen molar-refractivity contribution in [2.24, 2.45) is 10.9 Å². The van der Waals surface area contributed by atoms with Crippen LogP contribution in [0.25, 0.3) is 0 Å². The molecule has 0 spiro atoms. The Morgan fingerprint density at radius 3 is 2.44 bits per heavy atom. The molecule has 1 aliphatic heterocycles. The number of nitrogens with zero attached hydrogens (tertiary/aromatic N) is 2. The highest BCUT2D eigenvalue weighted by molar-refractivity contribution is 5.80. The molecule has 1 rings (SSSR count). The van der Waals surface area contributed by atoms with Crippen LogP contribution in [-0.2, 0) is 0 Å². The molecule has 0 aliphatic carbocycles. The summed E-state index contributed by atoms with van der Waals surface area (Å²) < 4.78 is 36.2. The molecule has 1 saturated heterocycles. The highest BCUT2D eigenvalue weighted by atomic mass is 19.4. The Morgan fingerprint density at radius 1 is 1.33 bits per heavy atom. The van der Waals surface area contributed by atoms with Gasteiger partial charge in [0.25, 0.3) is 0 Å². The van der Waals surface area contributed by atoms with E-state index in [1.165, 1.54) is 0 Å². The maximum atomic E-state index is 12.1. The molecule has 0 aromatic heterocycles. The summed E-state index contributed by atoms with van der Waals surface area (Å²) in [6, 6.07) is 0. The standard InChI is InChI=1S/C12H22F3N3/c1-3-16-11(17-7-6-12(13,14)15)18-8-4-10(2)5-9-18/h10H,3-9H2,1-2H3,(H,16,17). The molecule has 0 aromatic rings. The first-order valence-electron chi connectivity index (χ1n) is 6.52. The summed E-state index contributed by atoms with van der Waals surface area (Å²) in [6.07, 6.45) is -2.84. The van der Waals surface area contributed by atoms with E-state index < -0.39 is 12.6 Å². The van der Waals surface area contributed by atoms with Crippen LogP contribution in [0.4, 0.5) is 13.2 Å². The molecule has 6 heteroatoms. The van der Waals surface area contributed by atoms with Crippen molar-refractivity contribution in [1.82, 2.24) is 10.2 Å². The summed E-state index contributed by atoms with van der Waals surface area (Å²) in [4.78, 5) is 6.11. The molecule has 106 valence electrons. The average molecular weight is 265 g/mol. The Bertz CT molecular complexity index is 268. The second-order valence-electron chi connectivity index (χ2n) is 4.77. The number of likely N-dealkylation sites (tertiary alicyclic amines) is 1. The summed E-state index contributed by atoms with van der Waals surface area (Å²) in [7, 11) is 0. The third kappa shape index (κ3) is 5.60. The van der Waals surface area contributed by atoms with Gasteiger partial charge in [-0.25, -0.2) is 0 Å². The molecule has 3 nitrogen and oxygen atoms in total. The summed E-state index contributed by atoms with van der Waals surface area (Å²) in [5.74, 6) is 1.31. The van der Waals surface area contributed by atoms with E-state index in [1.54, 1.807) is 0 Å². The fraction of sp³-hybridized carbons (Fsp3) is 0.917. The maximum absolute atomic E-state index is 12.1. The second-order valence-corrected chi connectivity index (χ2v) is 4.77. The second kappa shape index (κ2) is 6.85. The van der Waals surface area contributed by atoms with E-state index in [2.05, 4.69) is 22.1 Å². The molecule has 0 amide bonds. The highest BCUT2D eigenvalue weighted by Crippen LogP contribution is 2.19. The fourth-order valence-corrected chi connectivity index (χ4v) is 1.93. The van der Waals surface area contributed by atoms with E-state index in [1.807, 2.05) is 6.92 Å². The van der Waals surface area contributed by atoms with Crippen LogP contribution < -0.4 is 5.32 Å². The van der Waals surface area contributed by atoms with Crippen LogP contribution in [0.2, 0.25) is 0 Å². The van der Waals surface area contributed by atoms with Gasteiger partial charge in [0.1, 0.15) is 0 Å². The van der Waals surface area contributed by atoms with E-state index in [-0.39, 0.29) is 6.54 Å². The summed E-state index contributed by atoms with van der Waals surface area (Å²) in [6.45, 7) is 6.35. The zero-order valence-corrected chi connectivity index (χ0v) is 11.1. The van der Waals surface area contributed by atoms with Crippen molar-refractivity contribution in [3.63, 3.8) is 0 Å². The molecule has 0 bridgehead atoms. The minimum atomic E-state index is -4.13. The van der Waals surface area contributed by atoms with Crippen LogP contribution >= 0.6 is 0 Å². The molecular formula is C12H22F3N3. The van der Waals surface area contributed by atoms with Crippen molar-refractivity contribution >= 4 is 5.96 Å². The van der Waals surface area contributed by atoms with Crippen molar-refractivity contribution in [3.05, 3.63) is 0 Å². The highest BCUT2D eigenvalue weighted by Gasteiger charge is 2.26. The van der Waals surface area contributed by atoms with Gasteiger partial charge in [0.15, 0.2) is 5.96 Å². The summed E-state index contributed by atoms with van der Waals surface area (Å²) in [5, 5.41) is 3.06. The first kappa shape index (κ1) is 15.1. The number of rotatable bonds is 3. The number of hydrogen-bond donors (Lipinski definition) is 1. The van der Waals surface area contributed by atoms with Crippen LogP contribution in [0.3, 0.4) is 0 Å². The predicted molar refractivity (Wildman–Crippen MR) is 66.6 cm³/mol. The van der Waals surface area contributed by atoms with Gasteiger partial charge in [0, 0.05) is 19.6 Å². The molecule has 1 N–H and O–H groups in total. The van der Waals surface area contributed by atoms with Gasteiger partial charge in [0.05, 0.1) is 13.0 Å². The van der Waals surface area contributed by atoms with Crippen LogP contribution in [-0.4, -0.2) is 43.2 Å². The van der Waals surface area contributed by atoms with Gasteiger partial charge in [-0.15, -0.1) is 0 Å². The summed E-state index contributed by atoms with van der Waals surface area (Å²) in [5.41, 5.74) is 0. The minimum Gasteiger partial charge on any atom is -0.357 e. The number of piperidine rings is 1. The topological polar surface area (TPSA) is 27.6 Å². The Morgan fingerprint density at radius 2 is 1.94 bits per heavy atom. The van der Waals surface area contributed by atoms with Crippen molar-refractivity contribution in [1.29, 1.82) is 0 Å². The van der Waals surface area contributed by atoms with Gasteiger partial charge in [-0.2, -0.15) is 13.2 Å². The third-order valence-corrected chi connectivity index (χ3v) is 3.07. The lowest BCUT2D eigenvalue weighted by Gasteiger charge is -2.33. The summed E-state index contributed by atoms with van der Waals surface area (Å²) >= 11 is 0. The monoisotopic (exact) mass is 265 g/mol. The SMILES string of the molecule is CCNC(=NCCC(F)(F)F)N1CCC(C)CC1. The van der Waals surface area contributed by atoms with Crippen LogP contribution in [0.1, 0.15) is 33.1 Å². The van der Waals surface area contributed by atoms with E-state index in [9.17, 15) is 13.2 Å². The van der Waals surface area contributed by atoms with Gasteiger partial charge in [-0.05, 0) is 25.7 Å². The molecule has 0 saturated carbocycles. The Kier molecular flexibility index (Phi) is 5.75. The van der Waals surface area contributed by atoms with Gasteiger partial charge < -0.3 is 10.2 Å². The third-order valence-electron chi connectivity index (χ3n) is 3.07. The maximum Gasteiger partial charge on any atom is 0.390 e. The van der Waals surface area contributed by atoms with E-state index in [4.69, 9.17) is 0 Å². The lowest BCUT2D eigenvalue weighted by atomic mass is 10.00. The number of hydrogen-bond acceptors (Lipinski definition) is 1. The lowest BCUT2D eigenvalue weighted by molar-refractivity contribution is -0.132. The van der Waals surface area contributed by atoms with Crippen LogP contribution in [0.5, 0.6) is 0 Å². The van der Waals surface area contributed by atoms with Crippen molar-refractivity contribution in [3.8, 4) is 0 Å². The predicted octanol–water partition coefficient (Wildman–Crippen LogP) is 2.64. The van der Waals surface area contributed by atoms with E-state index >= 15 is 0 Å².